The number of nitrogens with zero attached hydrogens (tertiary/aromatic N) is 3. The lowest BCUT2D eigenvalue weighted by molar-refractivity contribution is 0.230. The van der Waals surface area contributed by atoms with E-state index in [4.69, 9.17) is 9.72 Å². The lowest BCUT2D eigenvalue weighted by Crippen LogP contribution is -2.29. The lowest BCUT2D eigenvalue weighted by Gasteiger charge is -2.24. The summed E-state index contributed by atoms with van der Waals surface area (Å²) in [5.74, 6) is 0.894. The van der Waals surface area contributed by atoms with Gasteiger partial charge in [-0.05, 0) is 70.8 Å². The predicted octanol–water partition coefficient (Wildman–Crippen LogP) is 3.21. The molecule has 0 amide bonds. The third-order valence-electron chi connectivity index (χ3n) is 5.78. The number of piperidine rings is 1. The van der Waals surface area contributed by atoms with Gasteiger partial charge in [0.25, 0.3) is 0 Å². The number of pyridine rings is 1. The topological polar surface area (TPSA) is 42.3 Å². The molecule has 5 heteroatoms. The summed E-state index contributed by atoms with van der Waals surface area (Å²) in [4.78, 5) is 7.27. The van der Waals surface area contributed by atoms with Crippen molar-refractivity contribution < 1.29 is 4.74 Å². The normalized spacial score (nSPS) is 22.7. The average Bonchev–Trinajstić information content (AvgIpc) is 3.25. The van der Waals surface area contributed by atoms with E-state index in [1.807, 2.05) is 6.20 Å². The molecule has 0 saturated carbocycles. The van der Waals surface area contributed by atoms with Gasteiger partial charge in [-0.2, -0.15) is 0 Å². The number of rotatable bonds is 6. The molecule has 0 aromatic carbocycles. The van der Waals surface area contributed by atoms with E-state index in [0.717, 1.165) is 50.1 Å². The predicted molar refractivity (Wildman–Crippen MR) is 101 cm³/mol. The van der Waals surface area contributed by atoms with E-state index in [1.165, 1.54) is 37.6 Å². The highest BCUT2D eigenvalue weighted by atomic mass is 16.5. The number of likely N-dealkylation sites (tertiary alicyclic amines) is 1. The summed E-state index contributed by atoms with van der Waals surface area (Å²) in [5.41, 5.74) is 1.09. The minimum atomic E-state index is 0.570. The van der Waals surface area contributed by atoms with Gasteiger partial charge in [-0.3, -0.25) is 0 Å². The molecule has 4 heterocycles. The fraction of sp³-hybridized carbons (Fsp3) is 0.650. The highest BCUT2D eigenvalue weighted by Gasteiger charge is 2.19. The van der Waals surface area contributed by atoms with Crippen LogP contribution in [0.5, 0.6) is 5.75 Å². The van der Waals surface area contributed by atoms with Crippen LogP contribution in [-0.2, 0) is 0 Å². The Hall–Kier alpha value is -1.59. The van der Waals surface area contributed by atoms with Crippen LogP contribution in [0.25, 0.3) is 11.0 Å². The Morgan fingerprint density at radius 3 is 2.96 bits per heavy atom. The number of nitrogens with one attached hydrogen (secondary N) is 1. The second kappa shape index (κ2) is 7.75. The minimum Gasteiger partial charge on any atom is -0.492 e. The molecule has 1 atom stereocenters. The van der Waals surface area contributed by atoms with Gasteiger partial charge < -0.3 is 19.5 Å². The van der Waals surface area contributed by atoms with Gasteiger partial charge in [-0.15, -0.1) is 0 Å². The zero-order chi connectivity index (χ0) is 17.1. The maximum atomic E-state index is 5.96. The summed E-state index contributed by atoms with van der Waals surface area (Å²) in [5, 5.41) is 4.61. The summed E-state index contributed by atoms with van der Waals surface area (Å²) >= 11 is 0. The number of ether oxygens (including phenoxy) is 1. The average molecular weight is 342 g/mol. The Morgan fingerprint density at radius 1 is 1.28 bits per heavy atom. The molecule has 2 aromatic rings. The van der Waals surface area contributed by atoms with Crippen LogP contribution in [0, 0.1) is 0 Å². The van der Waals surface area contributed by atoms with Crippen molar-refractivity contribution in [3.05, 3.63) is 24.5 Å². The van der Waals surface area contributed by atoms with Crippen LogP contribution in [0.1, 0.15) is 45.1 Å². The second-order valence-electron chi connectivity index (χ2n) is 7.52. The fourth-order valence-electron chi connectivity index (χ4n) is 4.27. The smallest absolute Gasteiger partial charge is 0.140 e. The molecule has 0 bridgehead atoms. The SMILES string of the molecule is C[C@@H]1CCCN1CCCOc1cnc2c(ccn2C2CCNCC2)c1. The highest BCUT2D eigenvalue weighted by molar-refractivity contribution is 5.77. The van der Waals surface area contributed by atoms with Crippen LogP contribution in [0.4, 0.5) is 0 Å². The maximum Gasteiger partial charge on any atom is 0.140 e. The molecular weight excluding hydrogens is 312 g/mol. The molecule has 2 fully saturated rings. The van der Waals surface area contributed by atoms with Crippen LogP contribution in [0.15, 0.2) is 24.5 Å². The number of hydrogen-bond acceptors (Lipinski definition) is 4. The van der Waals surface area contributed by atoms with Crippen molar-refractivity contribution in [2.24, 2.45) is 0 Å². The summed E-state index contributed by atoms with van der Waals surface area (Å²) in [7, 11) is 0. The third kappa shape index (κ3) is 3.82. The van der Waals surface area contributed by atoms with E-state index in [2.05, 4.69) is 40.0 Å². The highest BCUT2D eigenvalue weighted by Crippen LogP contribution is 2.26. The first-order chi connectivity index (χ1) is 12.3. The van der Waals surface area contributed by atoms with Crippen molar-refractivity contribution in [3.63, 3.8) is 0 Å². The molecule has 4 rings (SSSR count). The molecular formula is C20H30N4O. The lowest BCUT2D eigenvalue weighted by atomic mass is 10.1. The van der Waals surface area contributed by atoms with Crippen LogP contribution in [0.2, 0.25) is 0 Å². The summed E-state index contributed by atoms with van der Waals surface area (Å²) < 4.78 is 8.30. The number of fused-ring (bicyclic) bond motifs is 1. The zero-order valence-electron chi connectivity index (χ0n) is 15.3. The molecule has 2 aliphatic heterocycles. The van der Waals surface area contributed by atoms with E-state index in [0.29, 0.717) is 6.04 Å². The first kappa shape index (κ1) is 16.9. The van der Waals surface area contributed by atoms with Crippen molar-refractivity contribution >= 4 is 11.0 Å². The molecule has 25 heavy (non-hydrogen) atoms. The van der Waals surface area contributed by atoms with Gasteiger partial charge in [-0.25, -0.2) is 4.98 Å². The van der Waals surface area contributed by atoms with Gasteiger partial charge in [0.15, 0.2) is 0 Å². The van der Waals surface area contributed by atoms with Crippen molar-refractivity contribution in [1.82, 2.24) is 19.8 Å². The Kier molecular flexibility index (Phi) is 5.22. The van der Waals surface area contributed by atoms with E-state index < -0.39 is 0 Å². The van der Waals surface area contributed by atoms with E-state index in [-0.39, 0.29) is 0 Å². The van der Waals surface area contributed by atoms with Crippen molar-refractivity contribution in [1.29, 1.82) is 0 Å². The minimum absolute atomic E-state index is 0.570. The van der Waals surface area contributed by atoms with E-state index in [9.17, 15) is 0 Å². The Balaban J connectivity index is 1.33. The second-order valence-corrected chi connectivity index (χ2v) is 7.52. The largest absolute Gasteiger partial charge is 0.492 e. The van der Waals surface area contributed by atoms with Crippen molar-refractivity contribution in [2.75, 3.05) is 32.8 Å². The van der Waals surface area contributed by atoms with Crippen molar-refractivity contribution in [2.45, 2.75) is 51.1 Å². The first-order valence-corrected chi connectivity index (χ1v) is 9.85. The van der Waals surface area contributed by atoms with Gasteiger partial charge in [0.05, 0.1) is 12.8 Å². The van der Waals surface area contributed by atoms with Gasteiger partial charge >= 0.3 is 0 Å². The number of aromatic nitrogens is 2. The number of hydrogen-bond donors (Lipinski definition) is 1. The van der Waals surface area contributed by atoms with E-state index >= 15 is 0 Å². The van der Waals surface area contributed by atoms with Crippen LogP contribution >= 0.6 is 0 Å². The molecule has 0 aliphatic carbocycles. The van der Waals surface area contributed by atoms with Crippen molar-refractivity contribution in [3.8, 4) is 5.75 Å². The van der Waals surface area contributed by atoms with Gasteiger partial charge in [-0.1, -0.05) is 0 Å². The quantitative estimate of drug-likeness (QED) is 0.819. The van der Waals surface area contributed by atoms with Crippen LogP contribution < -0.4 is 10.1 Å². The fourth-order valence-corrected chi connectivity index (χ4v) is 4.27. The molecule has 1 N–H and O–H groups in total. The van der Waals surface area contributed by atoms with Gasteiger partial charge in [0.2, 0.25) is 0 Å². The standard InChI is InChI=1S/C20H30N4O/c1-16-4-2-10-23(16)11-3-13-25-19-14-17-7-12-24(20(17)22-15-19)18-5-8-21-9-6-18/h7,12,14-16,18,21H,2-6,8-11,13H2,1H3/t16-/m1/s1. The summed E-state index contributed by atoms with van der Waals surface area (Å²) in [6, 6.07) is 5.62. The Labute approximate surface area is 150 Å². The summed E-state index contributed by atoms with van der Waals surface area (Å²) in [6.45, 7) is 7.69. The van der Waals surface area contributed by atoms with Gasteiger partial charge in [0.1, 0.15) is 11.4 Å². The molecule has 2 aromatic heterocycles. The molecule has 0 spiro atoms. The van der Waals surface area contributed by atoms with Crippen LogP contribution in [0.3, 0.4) is 0 Å². The monoisotopic (exact) mass is 342 g/mol. The molecule has 2 saturated heterocycles. The molecule has 0 unspecified atom stereocenters. The maximum absolute atomic E-state index is 5.96. The Bertz CT molecular complexity index is 692. The molecule has 5 nitrogen and oxygen atoms in total. The van der Waals surface area contributed by atoms with Gasteiger partial charge in [0, 0.05) is 30.2 Å². The third-order valence-corrected chi connectivity index (χ3v) is 5.78. The summed E-state index contributed by atoms with van der Waals surface area (Å²) in [6.07, 6.45) is 10.2. The first-order valence-electron chi connectivity index (χ1n) is 9.85. The molecule has 0 radical (unpaired) electrons. The zero-order valence-corrected chi connectivity index (χ0v) is 15.3. The molecule has 136 valence electrons. The molecule has 2 aliphatic rings. The van der Waals surface area contributed by atoms with Crippen LogP contribution in [-0.4, -0.2) is 53.3 Å². The van der Waals surface area contributed by atoms with E-state index in [1.54, 1.807) is 0 Å². The Morgan fingerprint density at radius 2 is 2.16 bits per heavy atom.